The van der Waals surface area contributed by atoms with Crippen molar-refractivity contribution in [2.75, 3.05) is 19.0 Å². The molecule has 0 saturated heterocycles. The van der Waals surface area contributed by atoms with E-state index in [0.29, 0.717) is 17.2 Å². The Balaban J connectivity index is 2.45. The van der Waals surface area contributed by atoms with Crippen molar-refractivity contribution in [3.63, 3.8) is 0 Å². The van der Waals surface area contributed by atoms with Gasteiger partial charge >= 0.3 is 0 Å². The van der Waals surface area contributed by atoms with Crippen molar-refractivity contribution in [1.29, 1.82) is 0 Å². The largest absolute Gasteiger partial charge is 0.504 e. The van der Waals surface area contributed by atoms with E-state index in [-0.39, 0.29) is 18.3 Å². The molecule has 1 amide bonds. The monoisotopic (exact) mass is 195 g/mol. The summed E-state index contributed by atoms with van der Waals surface area (Å²) < 4.78 is 10.0. The number of carbonyl (C=O) groups is 1. The first-order valence-electron chi connectivity index (χ1n) is 4.04. The van der Waals surface area contributed by atoms with Gasteiger partial charge in [-0.3, -0.25) is 4.79 Å². The third-order valence-corrected chi connectivity index (χ3v) is 1.91. The lowest BCUT2D eigenvalue weighted by Gasteiger charge is -2.18. The summed E-state index contributed by atoms with van der Waals surface area (Å²) in [6, 6.07) is 2.93. The van der Waals surface area contributed by atoms with E-state index >= 15 is 0 Å². The Kier molecular flexibility index (Phi) is 1.92. The van der Waals surface area contributed by atoms with Gasteiger partial charge in [-0.1, -0.05) is 0 Å². The summed E-state index contributed by atoms with van der Waals surface area (Å²) in [5.41, 5.74) is 0.458. The minimum Gasteiger partial charge on any atom is -0.504 e. The van der Waals surface area contributed by atoms with Gasteiger partial charge in [0.05, 0.1) is 12.8 Å². The molecule has 0 unspecified atom stereocenters. The maximum atomic E-state index is 10.9. The molecule has 74 valence electrons. The third kappa shape index (κ3) is 1.32. The van der Waals surface area contributed by atoms with Crippen LogP contribution in [0.2, 0.25) is 0 Å². The maximum absolute atomic E-state index is 10.9. The van der Waals surface area contributed by atoms with Crippen LogP contribution in [-0.2, 0) is 4.79 Å². The summed E-state index contributed by atoms with van der Waals surface area (Å²) in [5.74, 6) is 0.554. The van der Waals surface area contributed by atoms with E-state index in [1.807, 2.05) is 0 Å². The van der Waals surface area contributed by atoms with Crippen molar-refractivity contribution in [1.82, 2.24) is 0 Å². The molecule has 2 N–H and O–H groups in total. The van der Waals surface area contributed by atoms with Crippen molar-refractivity contribution < 1.29 is 19.4 Å². The molecule has 0 aliphatic carbocycles. The number of phenolic OH excluding ortho intramolecular Hbond substituents is 1. The van der Waals surface area contributed by atoms with E-state index in [0.717, 1.165) is 0 Å². The molecule has 5 nitrogen and oxygen atoms in total. The fourth-order valence-electron chi connectivity index (χ4n) is 1.26. The van der Waals surface area contributed by atoms with Crippen molar-refractivity contribution in [3.05, 3.63) is 12.1 Å². The summed E-state index contributed by atoms with van der Waals surface area (Å²) in [6.07, 6.45) is 0. The van der Waals surface area contributed by atoms with Crippen LogP contribution in [0.1, 0.15) is 0 Å². The van der Waals surface area contributed by atoms with Gasteiger partial charge in [-0.15, -0.1) is 0 Å². The van der Waals surface area contributed by atoms with Crippen LogP contribution in [-0.4, -0.2) is 24.7 Å². The van der Waals surface area contributed by atoms with Crippen LogP contribution < -0.4 is 14.8 Å². The van der Waals surface area contributed by atoms with Crippen molar-refractivity contribution in [2.45, 2.75) is 0 Å². The zero-order valence-electron chi connectivity index (χ0n) is 7.53. The topological polar surface area (TPSA) is 67.8 Å². The Morgan fingerprint density at radius 1 is 1.57 bits per heavy atom. The van der Waals surface area contributed by atoms with Gasteiger partial charge in [0.25, 0.3) is 5.91 Å². The molecule has 1 aliphatic heterocycles. The van der Waals surface area contributed by atoms with Crippen LogP contribution in [0.3, 0.4) is 0 Å². The number of benzene rings is 1. The first-order chi connectivity index (χ1) is 6.70. The number of amides is 1. The number of ether oxygens (including phenoxy) is 2. The van der Waals surface area contributed by atoms with Gasteiger partial charge in [0.15, 0.2) is 18.1 Å². The summed E-state index contributed by atoms with van der Waals surface area (Å²) in [7, 11) is 1.45. The summed E-state index contributed by atoms with van der Waals surface area (Å²) >= 11 is 0. The summed E-state index contributed by atoms with van der Waals surface area (Å²) in [4.78, 5) is 10.9. The van der Waals surface area contributed by atoms with Gasteiger partial charge in [0.2, 0.25) is 0 Å². The molecular weight excluding hydrogens is 186 g/mol. The van der Waals surface area contributed by atoms with Crippen molar-refractivity contribution in [2.24, 2.45) is 0 Å². The second-order valence-electron chi connectivity index (χ2n) is 2.86. The SMILES string of the molecule is COc1cc2c(cc1O)NC(=O)CO2. The maximum Gasteiger partial charge on any atom is 0.262 e. The molecule has 0 aromatic heterocycles. The highest BCUT2D eigenvalue weighted by Gasteiger charge is 2.18. The average Bonchev–Trinajstić information content (AvgIpc) is 2.16. The number of anilines is 1. The van der Waals surface area contributed by atoms with Crippen LogP contribution in [0.5, 0.6) is 17.2 Å². The third-order valence-electron chi connectivity index (χ3n) is 1.91. The number of hydrogen-bond donors (Lipinski definition) is 2. The quantitative estimate of drug-likeness (QED) is 0.693. The van der Waals surface area contributed by atoms with Crippen LogP contribution in [0.4, 0.5) is 5.69 Å². The Labute approximate surface area is 80.3 Å². The van der Waals surface area contributed by atoms with Gasteiger partial charge in [0, 0.05) is 12.1 Å². The highest BCUT2D eigenvalue weighted by atomic mass is 16.5. The van der Waals surface area contributed by atoms with E-state index < -0.39 is 0 Å². The van der Waals surface area contributed by atoms with Crippen LogP contribution in [0.15, 0.2) is 12.1 Å². The molecule has 1 aliphatic rings. The van der Waals surface area contributed by atoms with E-state index in [1.165, 1.54) is 19.2 Å². The van der Waals surface area contributed by atoms with E-state index in [1.54, 1.807) is 0 Å². The van der Waals surface area contributed by atoms with Crippen LogP contribution in [0.25, 0.3) is 0 Å². The first kappa shape index (κ1) is 8.68. The van der Waals surface area contributed by atoms with E-state index in [2.05, 4.69) is 5.32 Å². The Hall–Kier alpha value is -1.91. The molecule has 2 rings (SSSR count). The Bertz CT molecular complexity index is 389. The van der Waals surface area contributed by atoms with Crippen molar-refractivity contribution >= 4 is 11.6 Å². The lowest BCUT2D eigenvalue weighted by Crippen LogP contribution is -2.25. The Morgan fingerprint density at radius 2 is 2.36 bits per heavy atom. The highest BCUT2D eigenvalue weighted by Crippen LogP contribution is 2.38. The number of nitrogens with one attached hydrogen (secondary N) is 1. The van der Waals surface area contributed by atoms with Crippen LogP contribution in [0, 0.1) is 0 Å². The predicted octanol–water partition coefficient (Wildman–Crippen LogP) is 0.732. The molecule has 5 heteroatoms. The summed E-state index contributed by atoms with van der Waals surface area (Å²) in [6.45, 7) is -0.0130. The fraction of sp³-hybridized carbons (Fsp3) is 0.222. The predicted molar refractivity (Wildman–Crippen MR) is 48.8 cm³/mol. The van der Waals surface area contributed by atoms with Gasteiger partial charge in [-0.2, -0.15) is 0 Å². The molecule has 0 atom stereocenters. The molecule has 0 spiro atoms. The number of hydrogen-bond acceptors (Lipinski definition) is 4. The number of rotatable bonds is 1. The van der Waals surface area contributed by atoms with E-state index in [9.17, 15) is 9.90 Å². The number of aromatic hydroxyl groups is 1. The average molecular weight is 195 g/mol. The zero-order valence-corrected chi connectivity index (χ0v) is 7.53. The molecule has 0 fully saturated rings. The summed E-state index contributed by atoms with van der Waals surface area (Å²) in [5, 5.41) is 12.0. The molecule has 1 heterocycles. The second-order valence-corrected chi connectivity index (χ2v) is 2.86. The van der Waals surface area contributed by atoms with Gasteiger partial charge in [-0.25, -0.2) is 0 Å². The Morgan fingerprint density at radius 3 is 3.07 bits per heavy atom. The number of methoxy groups -OCH3 is 1. The molecule has 0 saturated carbocycles. The highest BCUT2D eigenvalue weighted by molar-refractivity contribution is 5.95. The number of fused-ring (bicyclic) bond motifs is 1. The van der Waals surface area contributed by atoms with E-state index in [4.69, 9.17) is 9.47 Å². The molecule has 0 radical (unpaired) electrons. The first-order valence-corrected chi connectivity index (χ1v) is 4.04. The fourth-order valence-corrected chi connectivity index (χ4v) is 1.26. The van der Waals surface area contributed by atoms with Crippen LogP contribution >= 0.6 is 0 Å². The molecular formula is C9H9NO4. The smallest absolute Gasteiger partial charge is 0.262 e. The number of phenols is 1. The second kappa shape index (κ2) is 3.10. The normalized spacial score (nSPS) is 13.9. The molecule has 1 aromatic carbocycles. The minimum absolute atomic E-state index is 0.0130. The number of carbonyl (C=O) groups excluding carboxylic acids is 1. The van der Waals surface area contributed by atoms with Crippen molar-refractivity contribution in [3.8, 4) is 17.2 Å². The minimum atomic E-state index is -0.234. The lowest BCUT2D eigenvalue weighted by molar-refractivity contribution is -0.118. The zero-order chi connectivity index (χ0) is 10.1. The molecule has 0 bridgehead atoms. The molecule has 14 heavy (non-hydrogen) atoms. The molecule has 1 aromatic rings. The van der Waals surface area contributed by atoms with Gasteiger partial charge in [0.1, 0.15) is 5.75 Å². The standard InChI is InChI=1S/C9H9NO4/c1-13-8-3-7-5(2-6(8)11)10-9(12)4-14-7/h2-3,11H,4H2,1H3,(H,10,12). The lowest BCUT2D eigenvalue weighted by atomic mass is 10.2. The van der Waals surface area contributed by atoms with Gasteiger partial charge in [-0.05, 0) is 0 Å². The van der Waals surface area contributed by atoms with Gasteiger partial charge < -0.3 is 19.9 Å².